The van der Waals surface area contributed by atoms with Crippen LogP contribution in [-0.4, -0.2) is 60.1 Å². The van der Waals surface area contributed by atoms with Crippen molar-refractivity contribution in [3.05, 3.63) is 22.9 Å². The molecule has 0 spiro atoms. The van der Waals surface area contributed by atoms with Crippen molar-refractivity contribution in [2.75, 3.05) is 38.5 Å². The van der Waals surface area contributed by atoms with Crippen LogP contribution in [0.1, 0.15) is 42.5 Å². The van der Waals surface area contributed by atoms with Crippen LogP contribution in [0.3, 0.4) is 0 Å². The molecule has 2 aliphatic rings. The smallest absolute Gasteiger partial charge is 0.144 e. The van der Waals surface area contributed by atoms with Crippen LogP contribution in [0.4, 0.5) is 5.82 Å². The number of hydrogen-bond acceptors (Lipinski definition) is 5. The van der Waals surface area contributed by atoms with Gasteiger partial charge >= 0.3 is 0 Å². The lowest BCUT2D eigenvalue weighted by atomic mass is 9.98. The molecule has 0 saturated carbocycles. The average Bonchev–Trinajstić information content (AvgIpc) is 2.55. The molecule has 24 heavy (non-hydrogen) atoms. The van der Waals surface area contributed by atoms with Crippen molar-refractivity contribution in [1.29, 1.82) is 5.26 Å². The highest BCUT2D eigenvalue weighted by Crippen LogP contribution is 2.24. The Kier molecular flexibility index (Phi) is 5.37. The molecule has 0 aliphatic carbocycles. The Morgan fingerprint density at radius 1 is 1.21 bits per heavy atom. The highest BCUT2D eigenvalue weighted by molar-refractivity contribution is 5.56. The summed E-state index contributed by atoms with van der Waals surface area (Å²) in [6, 6.07) is 5.40. The third-order valence-electron chi connectivity index (χ3n) is 5.45. The maximum Gasteiger partial charge on any atom is 0.144 e. The van der Waals surface area contributed by atoms with Crippen molar-refractivity contribution in [1.82, 2.24) is 14.8 Å². The van der Waals surface area contributed by atoms with Crippen LogP contribution in [0.2, 0.25) is 0 Å². The number of rotatable bonds is 3. The summed E-state index contributed by atoms with van der Waals surface area (Å²) in [5.41, 5.74) is 2.67. The fourth-order valence-corrected chi connectivity index (χ4v) is 4.09. The molecule has 0 amide bonds. The first-order valence-electron chi connectivity index (χ1n) is 9.14. The fraction of sp³-hybridized carbons (Fsp3) is 0.684. The predicted molar refractivity (Wildman–Crippen MR) is 97.2 cm³/mol. The van der Waals surface area contributed by atoms with Crippen LogP contribution in [0, 0.1) is 25.2 Å². The summed E-state index contributed by atoms with van der Waals surface area (Å²) in [5.74, 6) is 0.769. The summed E-state index contributed by atoms with van der Waals surface area (Å²) in [4.78, 5) is 9.67. The van der Waals surface area contributed by atoms with Crippen molar-refractivity contribution < 1.29 is 0 Å². The van der Waals surface area contributed by atoms with E-state index in [4.69, 9.17) is 0 Å². The number of piperidine rings is 2. The van der Waals surface area contributed by atoms with Gasteiger partial charge in [0, 0.05) is 24.3 Å². The Balaban J connectivity index is 1.67. The van der Waals surface area contributed by atoms with E-state index >= 15 is 0 Å². The lowest BCUT2D eigenvalue weighted by molar-refractivity contribution is 0.0978. The van der Waals surface area contributed by atoms with Gasteiger partial charge in [0.25, 0.3) is 0 Å². The molecular weight excluding hydrogens is 298 g/mol. The maximum atomic E-state index is 9.46. The van der Waals surface area contributed by atoms with E-state index in [-0.39, 0.29) is 0 Å². The van der Waals surface area contributed by atoms with E-state index in [0.29, 0.717) is 17.6 Å². The summed E-state index contributed by atoms with van der Waals surface area (Å²) in [7, 11) is 2.21. The summed E-state index contributed by atoms with van der Waals surface area (Å²) < 4.78 is 0. The maximum absolute atomic E-state index is 9.46. The normalized spacial score (nSPS) is 23.8. The zero-order valence-electron chi connectivity index (χ0n) is 15.2. The molecule has 1 N–H and O–H groups in total. The summed E-state index contributed by atoms with van der Waals surface area (Å²) in [6.45, 7) is 8.66. The Labute approximate surface area is 145 Å². The minimum absolute atomic E-state index is 0.388. The van der Waals surface area contributed by atoms with E-state index in [0.717, 1.165) is 30.0 Å². The van der Waals surface area contributed by atoms with Crippen molar-refractivity contribution >= 4 is 5.82 Å². The minimum atomic E-state index is 0.388. The predicted octanol–water partition coefficient (Wildman–Crippen LogP) is 2.54. The lowest BCUT2D eigenvalue weighted by Crippen LogP contribution is -2.50. The molecule has 0 radical (unpaired) electrons. The molecule has 0 aromatic carbocycles. The van der Waals surface area contributed by atoms with E-state index in [1.54, 1.807) is 0 Å². The van der Waals surface area contributed by atoms with Crippen LogP contribution >= 0.6 is 0 Å². The molecule has 1 atom stereocenters. The largest absolute Gasteiger partial charge is 0.365 e. The van der Waals surface area contributed by atoms with Gasteiger partial charge < -0.3 is 10.2 Å². The number of aromatic nitrogens is 1. The zero-order valence-corrected chi connectivity index (χ0v) is 15.2. The number of likely N-dealkylation sites (tertiary alicyclic amines) is 2. The first kappa shape index (κ1) is 17.2. The molecule has 3 heterocycles. The van der Waals surface area contributed by atoms with E-state index in [9.17, 15) is 5.26 Å². The van der Waals surface area contributed by atoms with Crippen molar-refractivity contribution in [2.45, 2.75) is 51.6 Å². The highest BCUT2D eigenvalue weighted by Gasteiger charge is 2.28. The summed E-state index contributed by atoms with van der Waals surface area (Å²) >= 11 is 0. The first-order chi connectivity index (χ1) is 11.6. The molecule has 3 rings (SSSR count). The van der Waals surface area contributed by atoms with Gasteiger partial charge in [-0.3, -0.25) is 4.90 Å². The van der Waals surface area contributed by atoms with Gasteiger partial charge in [0.2, 0.25) is 0 Å². The number of aryl methyl sites for hydroxylation is 2. The van der Waals surface area contributed by atoms with Gasteiger partial charge in [0.05, 0.1) is 5.56 Å². The Morgan fingerprint density at radius 3 is 2.67 bits per heavy atom. The molecule has 2 aliphatic heterocycles. The van der Waals surface area contributed by atoms with Crippen molar-refractivity contribution in [2.24, 2.45) is 0 Å². The third-order valence-corrected chi connectivity index (χ3v) is 5.45. The van der Waals surface area contributed by atoms with Crippen LogP contribution in [0.15, 0.2) is 6.07 Å². The molecule has 0 bridgehead atoms. The quantitative estimate of drug-likeness (QED) is 0.924. The molecule has 0 unspecified atom stereocenters. The number of pyridine rings is 1. The molecular formula is C19H29N5. The lowest BCUT2D eigenvalue weighted by Gasteiger charge is -2.42. The third kappa shape index (κ3) is 3.88. The van der Waals surface area contributed by atoms with Gasteiger partial charge in [-0.15, -0.1) is 0 Å². The summed E-state index contributed by atoms with van der Waals surface area (Å²) in [6.07, 6.45) is 4.92. The van der Waals surface area contributed by atoms with Crippen molar-refractivity contribution in [3.63, 3.8) is 0 Å². The van der Waals surface area contributed by atoms with Crippen molar-refractivity contribution in [3.8, 4) is 6.07 Å². The van der Waals surface area contributed by atoms with Gasteiger partial charge in [0.1, 0.15) is 11.9 Å². The SMILES string of the molecule is Cc1cc(C)c(C#N)c(N[C@H]2CCCN(C3CCN(C)CC3)C2)n1. The number of hydrogen-bond donors (Lipinski definition) is 1. The molecule has 2 fully saturated rings. The molecule has 2 saturated heterocycles. The molecule has 1 aromatic heterocycles. The second kappa shape index (κ2) is 7.50. The van der Waals surface area contributed by atoms with Gasteiger partial charge in [-0.25, -0.2) is 4.98 Å². The second-order valence-electron chi connectivity index (χ2n) is 7.43. The number of anilines is 1. The van der Waals surface area contributed by atoms with E-state index < -0.39 is 0 Å². The van der Waals surface area contributed by atoms with Crippen LogP contribution in [0.25, 0.3) is 0 Å². The van der Waals surface area contributed by atoms with Gasteiger partial charge in [0.15, 0.2) is 0 Å². The fourth-order valence-electron chi connectivity index (χ4n) is 4.09. The van der Waals surface area contributed by atoms with E-state index in [1.807, 2.05) is 19.9 Å². The molecule has 5 heteroatoms. The Morgan fingerprint density at radius 2 is 1.96 bits per heavy atom. The van der Waals surface area contributed by atoms with Gasteiger partial charge in [-0.05, 0) is 77.8 Å². The van der Waals surface area contributed by atoms with Crippen LogP contribution < -0.4 is 5.32 Å². The monoisotopic (exact) mass is 327 g/mol. The molecule has 1 aromatic rings. The van der Waals surface area contributed by atoms with Gasteiger partial charge in [-0.2, -0.15) is 5.26 Å². The zero-order chi connectivity index (χ0) is 17.1. The van der Waals surface area contributed by atoms with Crippen LogP contribution in [-0.2, 0) is 0 Å². The van der Waals surface area contributed by atoms with E-state index in [1.165, 1.54) is 38.9 Å². The standard InChI is InChI=1S/C19H29N5/c1-14-11-15(2)21-19(18(14)12-20)22-16-5-4-8-24(13-16)17-6-9-23(3)10-7-17/h11,16-17H,4-10,13H2,1-3H3,(H,21,22)/t16-/m0/s1. The number of nitrogens with one attached hydrogen (secondary N) is 1. The molecule has 130 valence electrons. The Hall–Kier alpha value is -1.64. The van der Waals surface area contributed by atoms with Crippen LogP contribution in [0.5, 0.6) is 0 Å². The van der Waals surface area contributed by atoms with E-state index in [2.05, 4.69) is 33.2 Å². The topological polar surface area (TPSA) is 55.2 Å². The highest BCUT2D eigenvalue weighted by atomic mass is 15.2. The number of nitriles is 1. The van der Waals surface area contributed by atoms with Gasteiger partial charge in [-0.1, -0.05) is 0 Å². The minimum Gasteiger partial charge on any atom is -0.365 e. The molecule has 5 nitrogen and oxygen atoms in total. The number of nitrogens with zero attached hydrogens (tertiary/aromatic N) is 4. The average molecular weight is 327 g/mol. The summed E-state index contributed by atoms with van der Waals surface area (Å²) in [5, 5.41) is 13.0. The first-order valence-corrected chi connectivity index (χ1v) is 9.14. The Bertz CT molecular complexity index is 613. The second-order valence-corrected chi connectivity index (χ2v) is 7.43.